The van der Waals surface area contributed by atoms with Crippen molar-refractivity contribution in [2.45, 2.75) is 32.9 Å². The van der Waals surface area contributed by atoms with E-state index < -0.39 is 0 Å². The van der Waals surface area contributed by atoms with Gasteiger partial charge in [-0.25, -0.2) is 9.78 Å². The number of likely N-dealkylation sites (tertiary alicyclic amines) is 1. The number of hydrogen-bond acceptors (Lipinski definition) is 4. The number of nitrogens with one attached hydrogen (secondary N) is 2. The molecule has 0 unspecified atom stereocenters. The Morgan fingerprint density at radius 2 is 2.08 bits per heavy atom. The summed E-state index contributed by atoms with van der Waals surface area (Å²) in [4.78, 5) is 20.6. The fourth-order valence-electron chi connectivity index (χ4n) is 3.68. The molecule has 6 heteroatoms. The minimum Gasteiger partial charge on any atom is -0.355 e. The number of hydrogen-bond donors (Lipinski definition) is 2. The molecule has 0 aliphatic carbocycles. The van der Waals surface area contributed by atoms with Crippen molar-refractivity contribution in [1.82, 2.24) is 14.8 Å². The van der Waals surface area contributed by atoms with Crippen LogP contribution in [0.15, 0.2) is 36.5 Å². The monoisotopic (exact) mass is 351 g/mol. The molecule has 0 atom stereocenters. The summed E-state index contributed by atoms with van der Waals surface area (Å²) >= 11 is 0. The lowest BCUT2D eigenvalue weighted by molar-refractivity contribution is 0.209. The summed E-state index contributed by atoms with van der Waals surface area (Å²) in [5, 5.41) is 6.40. The second-order valence-electron chi connectivity index (χ2n) is 6.94. The van der Waals surface area contributed by atoms with E-state index in [1.807, 2.05) is 13.0 Å². The number of amides is 2. The first-order valence-corrected chi connectivity index (χ1v) is 9.35. The molecule has 2 N–H and O–H groups in total. The third kappa shape index (κ3) is 3.51. The molecule has 2 amide bonds. The minimum absolute atomic E-state index is 0.0859. The van der Waals surface area contributed by atoms with Crippen LogP contribution in [0.1, 0.15) is 30.9 Å². The molecule has 136 valence electrons. The van der Waals surface area contributed by atoms with Crippen LogP contribution < -0.4 is 10.6 Å². The standard InChI is InChI=1S/C20H25N5O/c1-2-25-14-17-18(8-9-21-19(17)23-20(25)26)22-16-7-5-6-15(12-16)13-24-10-3-4-11-24/h5-9,12H,2-4,10-11,13-14H2,1H3,(H2,21,22,23,26). The summed E-state index contributed by atoms with van der Waals surface area (Å²) in [6.07, 6.45) is 4.35. The van der Waals surface area contributed by atoms with Crippen molar-refractivity contribution in [3.63, 3.8) is 0 Å². The van der Waals surface area contributed by atoms with Crippen molar-refractivity contribution in [3.05, 3.63) is 47.7 Å². The largest absolute Gasteiger partial charge is 0.355 e. The number of anilines is 3. The van der Waals surface area contributed by atoms with Gasteiger partial charge in [-0.05, 0) is 56.6 Å². The van der Waals surface area contributed by atoms with Gasteiger partial charge in [-0.3, -0.25) is 10.2 Å². The van der Waals surface area contributed by atoms with E-state index in [0.29, 0.717) is 18.9 Å². The second-order valence-corrected chi connectivity index (χ2v) is 6.94. The Morgan fingerprint density at radius 1 is 1.23 bits per heavy atom. The van der Waals surface area contributed by atoms with Crippen LogP contribution in [0.4, 0.5) is 22.0 Å². The van der Waals surface area contributed by atoms with Crippen LogP contribution in [0.5, 0.6) is 0 Å². The fourth-order valence-corrected chi connectivity index (χ4v) is 3.68. The van der Waals surface area contributed by atoms with Crippen LogP contribution in [0.2, 0.25) is 0 Å². The molecule has 0 saturated carbocycles. The van der Waals surface area contributed by atoms with E-state index in [1.54, 1.807) is 11.1 Å². The molecule has 0 bridgehead atoms. The SMILES string of the molecule is CCN1Cc2c(Nc3cccc(CN4CCCC4)c3)ccnc2NC1=O. The molecule has 2 aliphatic rings. The molecule has 1 aromatic heterocycles. The van der Waals surface area contributed by atoms with Crippen molar-refractivity contribution in [2.24, 2.45) is 0 Å². The Hall–Kier alpha value is -2.60. The van der Waals surface area contributed by atoms with Crippen molar-refractivity contribution in [1.29, 1.82) is 0 Å². The van der Waals surface area contributed by atoms with Gasteiger partial charge in [-0.15, -0.1) is 0 Å². The molecule has 1 fully saturated rings. The first-order chi connectivity index (χ1) is 12.7. The molecule has 1 aromatic carbocycles. The van der Waals surface area contributed by atoms with Crippen LogP contribution >= 0.6 is 0 Å². The Labute approximate surface area is 154 Å². The Bertz CT molecular complexity index is 801. The van der Waals surface area contributed by atoms with E-state index in [4.69, 9.17) is 0 Å². The van der Waals surface area contributed by atoms with Gasteiger partial charge in [-0.2, -0.15) is 0 Å². The Morgan fingerprint density at radius 3 is 2.88 bits per heavy atom. The number of aromatic nitrogens is 1. The Kier molecular flexibility index (Phi) is 4.75. The predicted octanol–water partition coefficient (Wildman–Crippen LogP) is 3.79. The summed E-state index contributed by atoms with van der Waals surface area (Å²) in [7, 11) is 0. The van der Waals surface area contributed by atoms with Gasteiger partial charge in [0.25, 0.3) is 0 Å². The van der Waals surface area contributed by atoms with Crippen LogP contribution in [0.25, 0.3) is 0 Å². The molecular formula is C20H25N5O. The maximum atomic E-state index is 12.0. The minimum atomic E-state index is -0.0859. The van der Waals surface area contributed by atoms with E-state index in [1.165, 1.54) is 31.5 Å². The highest BCUT2D eigenvalue weighted by Gasteiger charge is 2.24. The lowest BCUT2D eigenvalue weighted by Crippen LogP contribution is -2.39. The fraction of sp³-hybridized carbons (Fsp3) is 0.400. The molecule has 4 rings (SSSR count). The van der Waals surface area contributed by atoms with E-state index in [-0.39, 0.29) is 6.03 Å². The van der Waals surface area contributed by atoms with Crippen molar-refractivity contribution >= 4 is 23.2 Å². The third-order valence-corrected chi connectivity index (χ3v) is 5.11. The van der Waals surface area contributed by atoms with Gasteiger partial charge < -0.3 is 10.2 Å². The molecule has 2 aromatic rings. The molecule has 26 heavy (non-hydrogen) atoms. The van der Waals surface area contributed by atoms with Gasteiger partial charge in [0.15, 0.2) is 0 Å². The molecule has 1 saturated heterocycles. The quantitative estimate of drug-likeness (QED) is 0.860. The highest BCUT2D eigenvalue weighted by atomic mass is 16.2. The highest BCUT2D eigenvalue weighted by molar-refractivity contribution is 5.92. The summed E-state index contributed by atoms with van der Waals surface area (Å²) in [5.41, 5.74) is 4.41. The number of rotatable bonds is 5. The van der Waals surface area contributed by atoms with Crippen molar-refractivity contribution < 1.29 is 4.79 Å². The van der Waals surface area contributed by atoms with Gasteiger partial charge in [0, 0.05) is 36.2 Å². The number of pyridine rings is 1. The summed E-state index contributed by atoms with van der Waals surface area (Å²) in [5.74, 6) is 0.651. The molecule has 0 radical (unpaired) electrons. The highest BCUT2D eigenvalue weighted by Crippen LogP contribution is 2.30. The first kappa shape index (κ1) is 16.8. The number of nitrogens with zero attached hydrogens (tertiary/aromatic N) is 3. The van der Waals surface area contributed by atoms with E-state index in [9.17, 15) is 4.79 Å². The zero-order valence-corrected chi connectivity index (χ0v) is 15.2. The van der Waals surface area contributed by atoms with Crippen molar-refractivity contribution in [2.75, 3.05) is 30.3 Å². The average molecular weight is 351 g/mol. The second kappa shape index (κ2) is 7.33. The molecule has 2 aliphatic heterocycles. The zero-order valence-electron chi connectivity index (χ0n) is 15.2. The summed E-state index contributed by atoms with van der Waals surface area (Å²) in [6.45, 7) is 6.62. The normalized spacial score (nSPS) is 17.1. The van der Waals surface area contributed by atoms with Gasteiger partial charge in [0.05, 0.1) is 6.54 Å². The van der Waals surface area contributed by atoms with Crippen LogP contribution in [0.3, 0.4) is 0 Å². The lowest BCUT2D eigenvalue weighted by Gasteiger charge is -2.29. The topological polar surface area (TPSA) is 60.5 Å². The molecule has 0 spiro atoms. The number of benzene rings is 1. The molecular weight excluding hydrogens is 326 g/mol. The summed E-state index contributed by atoms with van der Waals surface area (Å²) in [6, 6.07) is 10.5. The number of carbonyl (C=O) groups excluding carboxylic acids is 1. The average Bonchev–Trinajstić information content (AvgIpc) is 3.15. The zero-order chi connectivity index (χ0) is 17.9. The number of carbonyl (C=O) groups is 1. The van der Waals surface area contributed by atoms with Gasteiger partial charge in [0.2, 0.25) is 0 Å². The Balaban J connectivity index is 1.54. The van der Waals surface area contributed by atoms with Gasteiger partial charge in [0.1, 0.15) is 5.82 Å². The maximum absolute atomic E-state index is 12.0. The van der Waals surface area contributed by atoms with Crippen LogP contribution in [-0.4, -0.2) is 40.4 Å². The van der Waals surface area contributed by atoms with E-state index in [2.05, 4.69) is 44.8 Å². The van der Waals surface area contributed by atoms with Gasteiger partial charge >= 0.3 is 6.03 Å². The molecule has 6 nitrogen and oxygen atoms in total. The maximum Gasteiger partial charge on any atom is 0.323 e. The lowest BCUT2D eigenvalue weighted by atomic mass is 10.1. The molecule has 3 heterocycles. The summed E-state index contributed by atoms with van der Waals surface area (Å²) < 4.78 is 0. The first-order valence-electron chi connectivity index (χ1n) is 9.35. The third-order valence-electron chi connectivity index (χ3n) is 5.11. The van der Waals surface area contributed by atoms with Crippen LogP contribution in [0, 0.1) is 0 Å². The smallest absolute Gasteiger partial charge is 0.323 e. The van der Waals surface area contributed by atoms with Crippen LogP contribution in [-0.2, 0) is 13.1 Å². The van der Waals surface area contributed by atoms with E-state index in [0.717, 1.165) is 23.5 Å². The van der Waals surface area contributed by atoms with Gasteiger partial charge in [-0.1, -0.05) is 12.1 Å². The predicted molar refractivity (Wildman–Crippen MR) is 104 cm³/mol. The number of fused-ring (bicyclic) bond motifs is 1. The van der Waals surface area contributed by atoms with E-state index >= 15 is 0 Å². The number of urea groups is 1. The van der Waals surface area contributed by atoms with Crippen molar-refractivity contribution in [3.8, 4) is 0 Å².